The highest BCUT2D eigenvalue weighted by Crippen LogP contribution is 2.25. The van der Waals surface area contributed by atoms with E-state index in [1.807, 2.05) is 19.0 Å². The van der Waals surface area contributed by atoms with Crippen molar-refractivity contribution in [3.05, 3.63) is 23.8 Å². The average molecular weight is 277 g/mol. The highest BCUT2D eigenvalue weighted by atomic mass is 16.5. The normalized spacial score (nSPS) is 18.6. The Balaban J connectivity index is 2.22. The molecule has 0 aliphatic carbocycles. The van der Waals surface area contributed by atoms with Crippen molar-refractivity contribution in [3.8, 4) is 5.75 Å². The van der Waals surface area contributed by atoms with Crippen molar-refractivity contribution in [2.75, 3.05) is 40.0 Å². The summed E-state index contributed by atoms with van der Waals surface area (Å²) in [6, 6.07) is 5.49. The Labute approximate surface area is 120 Å². The zero-order valence-electron chi connectivity index (χ0n) is 12.4. The van der Waals surface area contributed by atoms with Gasteiger partial charge in [0.1, 0.15) is 5.75 Å². The minimum absolute atomic E-state index is 0.00532. The molecule has 0 aromatic heterocycles. The number of benzene rings is 1. The van der Waals surface area contributed by atoms with Gasteiger partial charge in [-0.3, -0.25) is 4.79 Å². The molecule has 110 valence electrons. The predicted octanol–water partition coefficient (Wildman–Crippen LogP) is 1.44. The molecule has 0 radical (unpaired) electrons. The molecular weight excluding hydrogens is 254 g/mol. The molecule has 1 atom stereocenters. The standard InChI is InChI=1S/C15H23N3O2/c1-17(2)10-11-5-4-8-18(11)15(19)13-9-12(20-3)6-7-14(13)16/h6-7,9,11H,4-5,8,10,16H2,1-3H3. The molecular formula is C15H23N3O2. The van der Waals surface area contributed by atoms with E-state index < -0.39 is 0 Å². The number of ether oxygens (including phenoxy) is 1. The molecule has 1 aromatic rings. The minimum atomic E-state index is 0.00532. The van der Waals surface area contributed by atoms with Crippen molar-refractivity contribution in [2.24, 2.45) is 0 Å². The second kappa shape index (κ2) is 6.13. The van der Waals surface area contributed by atoms with Crippen molar-refractivity contribution in [1.82, 2.24) is 9.80 Å². The van der Waals surface area contributed by atoms with Crippen LogP contribution >= 0.6 is 0 Å². The van der Waals surface area contributed by atoms with Crippen LogP contribution in [-0.4, -0.2) is 56.0 Å². The Morgan fingerprint density at radius 1 is 1.50 bits per heavy atom. The number of nitrogen functional groups attached to an aromatic ring is 1. The van der Waals surface area contributed by atoms with Crippen LogP contribution in [0.15, 0.2) is 18.2 Å². The first-order chi connectivity index (χ1) is 9.52. The van der Waals surface area contributed by atoms with Gasteiger partial charge < -0.3 is 20.3 Å². The van der Waals surface area contributed by atoms with Gasteiger partial charge in [0.2, 0.25) is 0 Å². The number of hydrogen-bond acceptors (Lipinski definition) is 4. The fourth-order valence-corrected chi connectivity index (χ4v) is 2.72. The number of carbonyl (C=O) groups is 1. The molecule has 0 bridgehead atoms. The van der Waals surface area contributed by atoms with E-state index in [0.29, 0.717) is 17.0 Å². The van der Waals surface area contributed by atoms with Gasteiger partial charge in [0.05, 0.1) is 12.7 Å². The quantitative estimate of drug-likeness (QED) is 0.846. The van der Waals surface area contributed by atoms with Gasteiger partial charge in [-0.25, -0.2) is 0 Å². The van der Waals surface area contributed by atoms with Crippen molar-refractivity contribution in [1.29, 1.82) is 0 Å². The van der Waals surface area contributed by atoms with E-state index in [9.17, 15) is 4.79 Å². The van der Waals surface area contributed by atoms with Gasteiger partial charge in [0.25, 0.3) is 5.91 Å². The lowest BCUT2D eigenvalue weighted by Crippen LogP contribution is -2.41. The summed E-state index contributed by atoms with van der Waals surface area (Å²) in [5.74, 6) is 0.664. The molecule has 5 heteroatoms. The molecule has 1 unspecified atom stereocenters. The van der Waals surface area contributed by atoms with Crippen LogP contribution in [0, 0.1) is 0 Å². The summed E-state index contributed by atoms with van der Waals surface area (Å²) in [5.41, 5.74) is 6.99. The van der Waals surface area contributed by atoms with E-state index in [2.05, 4.69) is 4.90 Å². The topological polar surface area (TPSA) is 58.8 Å². The maximum atomic E-state index is 12.7. The molecule has 20 heavy (non-hydrogen) atoms. The van der Waals surface area contributed by atoms with Crippen molar-refractivity contribution < 1.29 is 9.53 Å². The Hall–Kier alpha value is -1.75. The van der Waals surface area contributed by atoms with Crippen LogP contribution in [0.5, 0.6) is 5.75 Å². The van der Waals surface area contributed by atoms with Crippen molar-refractivity contribution in [3.63, 3.8) is 0 Å². The monoisotopic (exact) mass is 277 g/mol. The average Bonchev–Trinajstić information content (AvgIpc) is 2.86. The Kier molecular flexibility index (Phi) is 4.49. The maximum absolute atomic E-state index is 12.7. The van der Waals surface area contributed by atoms with Gasteiger partial charge in [0, 0.05) is 24.8 Å². The predicted molar refractivity (Wildman–Crippen MR) is 80.0 cm³/mol. The third kappa shape index (κ3) is 3.04. The fourth-order valence-electron chi connectivity index (χ4n) is 2.72. The van der Waals surface area contributed by atoms with E-state index in [4.69, 9.17) is 10.5 Å². The molecule has 5 nitrogen and oxygen atoms in total. The largest absolute Gasteiger partial charge is 0.497 e. The van der Waals surface area contributed by atoms with Crippen LogP contribution in [0.1, 0.15) is 23.2 Å². The van der Waals surface area contributed by atoms with E-state index in [1.165, 1.54) is 0 Å². The van der Waals surface area contributed by atoms with Gasteiger partial charge in [0.15, 0.2) is 0 Å². The van der Waals surface area contributed by atoms with Crippen molar-refractivity contribution in [2.45, 2.75) is 18.9 Å². The van der Waals surface area contributed by atoms with E-state index in [0.717, 1.165) is 25.9 Å². The smallest absolute Gasteiger partial charge is 0.256 e. The lowest BCUT2D eigenvalue weighted by atomic mass is 10.1. The Morgan fingerprint density at radius 2 is 2.25 bits per heavy atom. The van der Waals surface area contributed by atoms with Crippen LogP contribution < -0.4 is 10.5 Å². The maximum Gasteiger partial charge on any atom is 0.256 e. The number of likely N-dealkylation sites (N-methyl/N-ethyl adjacent to an activating group) is 1. The highest BCUT2D eigenvalue weighted by Gasteiger charge is 2.30. The summed E-state index contributed by atoms with van der Waals surface area (Å²) in [7, 11) is 5.65. The van der Waals surface area contributed by atoms with Gasteiger partial charge >= 0.3 is 0 Å². The highest BCUT2D eigenvalue weighted by molar-refractivity contribution is 5.99. The summed E-state index contributed by atoms with van der Waals surface area (Å²) >= 11 is 0. The summed E-state index contributed by atoms with van der Waals surface area (Å²) in [4.78, 5) is 16.8. The van der Waals surface area contributed by atoms with E-state index >= 15 is 0 Å². The SMILES string of the molecule is COc1ccc(N)c(C(=O)N2CCCC2CN(C)C)c1. The molecule has 1 aliphatic heterocycles. The Bertz CT molecular complexity index is 488. The minimum Gasteiger partial charge on any atom is -0.497 e. The molecule has 2 rings (SSSR count). The molecule has 1 aromatic carbocycles. The summed E-state index contributed by atoms with van der Waals surface area (Å²) in [6.45, 7) is 1.68. The molecule has 2 N–H and O–H groups in total. The van der Waals surface area contributed by atoms with Gasteiger partial charge in [-0.1, -0.05) is 0 Å². The van der Waals surface area contributed by atoms with E-state index in [1.54, 1.807) is 25.3 Å². The molecule has 1 heterocycles. The zero-order chi connectivity index (χ0) is 14.7. The van der Waals surface area contributed by atoms with Crippen LogP contribution in [0.3, 0.4) is 0 Å². The molecule has 0 saturated carbocycles. The first-order valence-electron chi connectivity index (χ1n) is 6.92. The lowest BCUT2D eigenvalue weighted by molar-refractivity contribution is 0.0717. The molecule has 0 spiro atoms. The third-order valence-corrected chi connectivity index (χ3v) is 3.70. The Morgan fingerprint density at radius 3 is 2.90 bits per heavy atom. The number of hydrogen-bond donors (Lipinski definition) is 1. The van der Waals surface area contributed by atoms with E-state index in [-0.39, 0.29) is 11.9 Å². The number of likely N-dealkylation sites (tertiary alicyclic amines) is 1. The number of nitrogens with zero attached hydrogens (tertiary/aromatic N) is 2. The molecule has 1 aliphatic rings. The molecule has 1 fully saturated rings. The number of nitrogens with two attached hydrogens (primary N) is 1. The summed E-state index contributed by atoms with van der Waals surface area (Å²) in [5, 5.41) is 0. The first-order valence-corrected chi connectivity index (χ1v) is 6.92. The van der Waals surface area contributed by atoms with Crippen LogP contribution in [0.2, 0.25) is 0 Å². The lowest BCUT2D eigenvalue weighted by Gasteiger charge is -2.27. The second-order valence-electron chi connectivity index (χ2n) is 5.51. The van der Waals surface area contributed by atoms with Crippen LogP contribution in [-0.2, 0) is 0 Å². The van der Waals surface area contributed by atoms with Gasteiger partial charge in [-0.2, -0.15) is 0 Å². The van der Waals surface area contributed by atoms with Crippen LogP contribution in [0.4, 0.5) is 5.69 Å². The summed E-state index contributed by atoms with van der Waals surface area (Å²) < 4.78 is 5.18. The molecule has 1 amide bonds. The number of amides is 1. The first kappa shape index (κ1) is 14.7. The summed E-state index contributed by atoms with van der Waals surface area (Å²) in [6.07, 6.45) is 2.10. The number of anilines is 1. The number of rotatable bonds is 4. The van der Waals surface area contributed by atoms with Gasteiger partial charge in [-0.05, 0) is 45.1 Å². The van der Waals surface area contributed by atoms with Crippen LogP contribution in [0.25, 0.3) is 0 Å². The third-order valence-electron chi connectivity index (χ3n) is 3.70. The zero-order valence-corrected chi connectivity index (χ0v) is 12.4. The second-order valence-corrected chi connectivity index (χ2v) is 5.51. The number of methoxy groups -OCH3 is 1. The number of carbonyl (C=O) groups excluding carboxylic acids is 1. The molecule has 1 saturated heterocycles. The van der Waals surface area contributed by atoms with Crippen molar-refractivity contribution >= 4 is 11.6 Å². The fraction of sp³-hybridized carbons (Fsp3) is 0.533. The van der Waals surface area contributed by atoms with Gasteiger partial charge in [-0.15, -0.1) is 0 Å².